The van der Waals surface area contributed by atoms with Gasteiger partial charge in [0.25, 0.3) is 0 Å². The Morgan fingerprint density at radius 2 is 1.61 bits per heavy atom. The summed E-state index contributed by atoms with van der Waals surface area (Å²) >= 11 is 8.26. The van der Waals surface area contributed by atoms with E-state index in [9.17, 15) is 33.9 Å². The van der Waals surface area contributed by atoms with E-state index >= 15 is 0 Å². The number of amides is 4. The van der Waals surface area contributed by atoms with Crippen molar-refractivity contribution in [2.45, 2.75) is 134 Å². The number of hydrogen-bond donors (Lipinski definition) is 2. The van der Waals surface area contributed by atoms with E-state index in [0.29, 0.717) is 90.1 Å². The summed E-state index contributed by atoms with van der Waals surface area (Å²) in [6.45, 7) is 15.9. The average Bonchev–Trinajstić information content (AvgIpc) is 4.06. The molecule has 0 radical (unpaired) electrons. The maximum absolute atomic E-state index is 14.4. The highest BCUT2D eigenvalue weighted by molar-refractivity contribution is 8.01. The minimum atomic E-state index is -1.87. The van der Waals surface area contributed by atoms with Gasteiger partial charge in [0.1, 0.15) is 46.5 Å². The molecule has 4 rings (SSSR count). The number of anilines is 1. The number of rotatable bonds is 26. The summed E-state index contributed by atoms with van der Waals surface area (Å²) in [6.07, 6.45) is 1.45. The van der Waals surface area contributed by atoms with E-state index in [2.05, 4.69) is 5.32 Å². The van der Waals surface area contributed by atoms with Crippen LogP contribution in [0.25, 0.3) is 0 Å². The number of likely N-dealkylation sites (N-methyl/N-ethyl adjacent to an activating group) is 2. The highest BCUT2D eigenvalue weighted by Gasteiger charge is 2.64. The molecule has 4 bridgehead atoms. The van der Waals surface area contributed by atoms with Crippen LogP contribution in [0, 0.1) is 5.92 Å². The number of nitrogens with one attached hydrogen (secondary N) is 1. The van der Waals surface area contributed by atoms with Gasteiger partial charge in [-0.3, -0.25) is 24.5 Å². The zero-order valence-electron chi connectivity index (χ0n) is 45.9. The Hall–Kier alpha value is -4.32. The third-order valence-corrected chi connectivity index (χ3v) is 15.5. The summed E-state index contributed by atoms with van der Waals surface area (Å²) in [6, 6.07) is 2.48. The number of epoxide rings is 1. The van der Waals surface area contributed by atoms with E-state index in [1.54, 1.807) is 64.1 Å². The summed E-state index contributed by atoms with van der Waals surface area (Å²) < 4.78 is 50.9. The fourth-order valence-electron chi connectivity index (χ4n) is 8.55. The molecule has 0 unspecified atom stereocenters. The van der Waals surface area contributed by atoms with Crippen molar-refractivity contribution in [2.75, 3.05) is 105 Å². The molecule has 0 spiro atoms. The number of hydrogen-bond acceptors (Lipinski definition) is 17. The van der Waals surface area contributed by atoms with Crippen LogP contribution in [0.15, 0.2) is 35.9 Å². The third kappa shape index (κ3) is 19.0. The number of methoxy groups -OCH3 is 2. The van der Waals surface area contributed by atoms with Gasteiger partial charge in [-0.25, -0.2) is 9.59 Å². The minimum absolute atomic E-state index is 0.0730. The number of ether oxygens (including phenoxy) is 9. The van der Waals surface area contributed by atoms with E-state index in [4.69, 9.17) is 54.2 Å². The van der Waals surface area contributed by atoms with Gasteiger partial charge < -0.3 is 62.4 Å². The van der Waals surface area contributed by atoms with Crippen molar-refractivity contribution in [2.24, 2.45) is 5.92 Å². The van der Waals surface area contributed by atoms with E-state index in [1.165, 1.54) is 49.8 Å². The van der Waals surface area contributed by atoms with Gasteiger partial charge >= 0.3 is 12.1 Å². The zero-order chi connectivity index (χ0) is 55.7. The molecular weight excluding hydrogens is 1020 g/mol. The van der Waals surface area contributed by atoms with Gasteiger partial charge in [-0.2, -0.15) is 0 Å². The molecule has 0 saturated carbocycles. The van der Waals surface area contributed by atoms with Gasteiger partial charge in [-0.1, -0.05) is 56.2 Å². The van der Waals surface area contributed by atoms with Gasteiger partial charge in [0.05, 0.1) is 83.9 Å². The van der Waals surface area contributed by atoms with E-state index in [1.807, 2.05) is 26.8 Å². The number of carbonyl (C=O) groups is 6. The summed E-state index contributed by atoms with van der Waals surface area (Å²) in [5, 5.41) is 14.6. The lowest BCUT2D eigenvalue weighted by atomic mass is 9.83. The highest BCUT2D eigenvalue weighted by atomic mass is 35.5. The predicted octanol–water partition coefficient (Wildman–Crippen LogP) is 5.31. The van der Waals surface area contributed by atoms with Gasteiger partial charge in [-0.15, -0.1) is 11.8 Å². The van der Waals surface area contributed by atoms with Crippen LogP contribution >= 0.6 is 23.4 Å². The van der Waals surface area contributed by atoms with Crippen LogP contribution in [-0.4, -0.2) is 198 Å². The molecule has 8 atom stereocenters. The first-order valence-corrected chi connectivity index (χ1v) is 26.8. The molecule has 3 heterocycles. The maximum Gasteiger partial charge on any atom is 0.409 e. The molecule has 2 N–H and O–H groups in total. The Balaban J connectivity index is 1.35. The lowest BCUT2D eigenvalue weighted by Crippen LogP contribution is -2.63. The number of allylic oxidation sites excluding steroid dienone is 3. The molecule has 1 aromatic carbocycles. The van der Waals surface area contributed by atoms with Crippen LogP contribution in [0.3, 0.4) is 0 Å². The first kappa shape index (κ1) is 63.2. The molecule has 0 aliphatic carbocycles. The zero-order valence-corrected chi connectivity index (χ0v) is 47.4. The number of ketones is 1. The number of benzene rings is 1. The maximum atomic E-state index is 14.4. The number of halogens is 1. The minimum Gasteiger partial charge on any atom is -0.495 e. The Labute approximate surface area is 451 Å². The van der Waals surface area contributed by atoms with Crippen molar-refractivity contribution in [1.82, 2.24) is 15.1 Å². The van der Waals surface area contributed by atoms with Crippen molar-refractivity contribution < 1.29 is 76.5 Å². The number of carbonyl (C=O) groups excluding carboxylic acids is 6. The summed E-state index contributed by atoms with van der Waals surface area (Å²) in [4.78, 5) is 83.5. The number of Topliss-reactive ketones (excluding diaryl/α,β-unsaturated/α-hetero) is 1. The van der Waals surface area contributed by atoms with E-state index in [0.717, 1.165) is 11.1 Å². The molecular formula is C53H81ClN4O16S. The lowest BCUT2D eigenvalue weighted by Gasteiger charge is -2.42. The molecule has 20 nitrogen and oxygen atoms in total. The number of aliphatic hydroxyl groups is 1. The standard InChI is InChI=1S/C53H81ClN4O16S/c1-34-14-13-15-42(67-12)53(65)32-41(72-50(64)55-53)36(3)48-52(7,74-48)43(31-45(61)58(10)39-29-38(28-34)30-40(66-11)47(39)54)73-49(63)37(4)57(9)44(60)16-18-51(5,6)75-33-46(62)56(8)19-21-69-23-25-71-27-26-70-24-22-68-20-17-35(2)59/h13-15,29-30,36-37,41-43,48,65H,16-28,31-33H2,1-12H3,(H,55,64)/t36-,37+,41+,42-,43+,48+,52+,53+/m1/s1. The summed E-state index contributed by atoms with van der Waals surface area (Å²) in [5.74, 6) is -1.62. The second-order valence-corrected chi connectivity index (χ2v) is 22.2. The number of thioether (sulfide) groups is 1. The van der Waals surface area contributed by atoms with Crippen molar-refractivity contribution in [3.05, 3.63) is 46.5 Å². The number of fused-ring (bicyclic) bond motifs is 5. The van der Waals surface area contributed by atoms with Gasteiger partial charge in [0.15, 0.2) is 5.72 Å². The third-order valence-electron chi connectivity index (χ3n) is 13.8. The summed E-state index contributed by atoms with van der Waals surface area (Å²) in [7, 11) is 7.68. The number of esters is 1. The first-order chi connectivity index (χ1) is 35.4. The van der Waals surface area contributed by atoms with Gasteiger partial charge in [0.2, 0.25) is 17.7 Å². The quantitative estimate of drug-likeness (QED) is 0.0680. The Morgan fingerprint density at radius 3 is 2.23 bits per heavy atom. The SMILES string of the molecule is COc1cc2cc(c1Cl)N(C)C(=O)C[C@H](OC(=O)[C@H](C)N(C)C(=O)CCC(C)(C)SCC(=O)N(C)CCOCCOCCOCCOCCC(C)=O)[C@]1(C)O[C@H]1[C@H](C)[C@@H]1C[C@@](O)(NC(=O)O1)[C@H](OC)C=CC=C(C)C2. The van der Waals surface area contributed by atoms with Gasteiger partial charge in [-0.05, 0) is 58.2 Å². The van der Waals surface area contributed by atoms with Crippen LogP contribution in [0.4, 0.5) is 10.5 Å². The van der Waals surface area contributed by atoms with Crippen LogP contribution in [0.5, 0.6) is 5.75 Å². The topological polar surface area (TPSA) is 231 Å². The van der Waals surface area contributed by atoms with Crippen LogP contribution in [0.2, 0.25) is 5.02 Å². The molecule has 0 aromatic heterocycles. The van der Waals surface area contributed by atoms with Crippen LogP contribution in [0.1, 0.15) is 86.1 Å². The number of alkyl carbamates (subject to hydrolysis) is 1. The second-order valence-electron chi connectivity index (χ2n) is 20.2. The van der Waals surface area contributed by atoms with E-state index < -0.39 is 70.4 Å². The molecule has 2 fully saturated rings. The molecule has 4 amide bonds. The Bertz CT molecular complexity index is 2180. The fourth-order valence-corrected chi connectivity index (χ4v) is 9.84. The van der Waals surface area contributed by atoms with Crippen molar-refractivity contribution >= 4 is 64.6 Å². The first-order valence-electron chi connectivity index (χ1n) is 25.4. The largest absolute Gasteiger partial charge is 0.495 e. The molecule has 1 aromatic rings. The molecule has 3 aliphatic rings. The predicted molar refractivity (Wildman–Crippen MR) is 283 cm³/mol. The Morgan fingerprint density at radius 1 is 0.987 bits per heavy atom. The van der Waals surface area contributed by atoms with Gasteiger partial charge in [0, 0.05) is 64.7 Å². The van der Waals surface area contributed by atoms with Crippen LogP contribution < -0.4 is 15.0 Å². The van der Waals surface area contributed by atoms with Crippen molar-refractivity contribution in [3.63, 3.8) is 0 Å². The van der Waals surface area contributed by atoms with Crippen molar-refractivity contribution in [3.8, 4) is 5.75 Å². The molecule has 3 aliphatic heterocycles. The highest BCUT2D eigenvalue weighted by Crippen LogP contribution is 2.49. The lowest BCUT2D eigenvalue weighted by molar-refractivity contribution is -0.162. The second kappa shape index (κ2) is 29.4. The fraction of sp³-hybridized carbons (Fsp3) is 0.698. The smallest absolute Gasteiger partial charge is 0.409 e. The average molecular weight is 1100 g/mol. The summed E-state index contributed by atoms with van der Waals surface area (Å²) in [5.41, 5.74) is -1.09. The molecule has 22 heteroatoms. The molecule has 75 heavy (non-hydrogen) atoms. The van der Waals surface area contributed by atoms with E-state index in [-0.39, 0.29) is 47.6 Å². The Kier molecular flexibility index (Phi) is 24.8. The van der Waals surface area contributed by atoms with Crippen LogP contribution in [-0.2, 0) is 68.3 Å². The molecule has 2 saturated heterocycles. The molecule has 422 valence electrons. The number of nitrogens with zero attached hydrogens (tertiary/aromatic N) is 3. The van der Waals surface area contributed by atoms with Crippen molar-refractivity contribution in [1.29, 1.82) is 0 Å². The monoisotopic (exact) mass is 1100 g/mol. The normalized spacial score (nSPS) is 24.5.